The van der Waals surface area contributed by atoms with Gasteiger partial charge in [0.2, 0.25) is 0 Å². The van der Waals surface area contributed by atoms with Crippen LogP contribution in [-0.4, -0.2) is 52.0 Å². The molecule has 36 heavy (non-hydrogen) atoms. The Kier molecular flexibility index (Phi) is 8.44. The number of piperidine rings is 1. The van der Waals surface area contributed by atoms with Crippen LogP contribution in [0.15, 0.2) is 85.3 Å². The Labute approximate surface area is 219 Å². The third-order valence-electron chi connectivity index (χ3n) is 7.11. The van der Waals surface area contributed by atoms with E-state index < -0.39 is 0 Å². The topological polar surface area (TPSA) is 44.3 Å². The van der Waals surface area contributed by atoms with E-state index in [4.69, 9.17) is 11.6 Å². The molecule has 2 aromatic heterocycles. The third-order valence-corrected chi connectivity index (χ3v) is 7.34. The number of likely N-dealkylation sites (tertiary alicyclic amines) is 1. The molecule has 1 saturated heterocycles. The number of nitrogens with zero attached hydrogens (tertiary/aromatic N) is 4. The van der Waals surface area contributed by atoms with E-state index in [1.54, 1.807) is 0 Å². The zero-order chi connectivity index (χ0) is 24.6. The van der Waals surface area contributed by atoms with E-state index >= 15 is 0 Å². The lowest BCUT2D eigenvalue weighted by atomic mass is 10.0. The van der Waals surface area contributed by atoms with Gasteiger partial charge in [0.05, 0.1) is 5.52 Å². The second-order valence-electron chi connectivity index (χ2n) is 9.62. The van der Waals surface area contributed by atoms with Gasteiger partial charge in [0.1, 0.15) is 0 Å². The highest BCUT2D eigenvalue weighted by atomic mass is 35.5. The van der Waals surface area contributed by atoms with Crippen molar-refractivity contribution in [2.75, 3.05) is 31.5 Å². The van der Waals surface area contributed by atoms with Crippen molar-refractivity contribution in [1.82, 2.24) is 19.8 Å². The lowest BCUT2D eigenvalue weighted by Crippen LogP contribution is -2.44. The lowest BCUT2D eigenvalue weighted by molar-refractivity contribution is 0.0964. The number of fused-ring (bicyclic) bond motifs is 1. The maximum atomic E-state index is 6.12. The standard InChI is InChI=1S/C30H34ClN5/c31-26-7-8-28-29(11-17-34-30(28)21-26)33-14-4-18-35-19-12-27(13-20-35)36(22-24-5-2-1-3-6-24)23-25-9-15-32-16-10-25/h1-3,5-11,15-17,21,27H,4,12-14,18-20,22-23H2,(H,33,34). The van der Waals surface area contributed by atoms with Crippen LogP contribution in [0.1, 0.15) is 30.4 Å². The van der Waals surface area contributed by atoms with Gasteiger partial charge in [-0.15, -0.1) is 0 Å². The largest absolute Gasteiger partial charge is 0.384 e. The predicted molar refractivity (Wildman–Crippen MR) is 149 cm³/mol. The van der Waals surface area contributed by atoms with Crippen LogP contribution in [0.25, 0.3) is 10.9 Å². The molecule has 0 atom stereocenters. The number of hydrogen-bond acceptors (Lipinski definition) is 5. The fourth-order valence-electron chi connectivity index (χ4n) is 5.16. The Hall–Kier alpha value is -2.99. The highest BCUT2D eigenvalue weighted by Crippen LogP contribution is 2.25. The minimum atomic E-state index is 0.600. The molecule has 0 saturated carbocycles. The number of benzene rings is 2. The zero-order valence-electron chi connectivity index (χ0n) is 20.7. The van der Waals surface area contributed by atoms with Crippen molar-refractivity contribution >= 4 is 28.2 Å². The van der Waals surface area contributed by atoms with Gasteiger partial charge in [-0.05, 0) is 86.4 Å². The monoisotopic (exact) mass is 499 g/mol. The van der Waals surface area contributed by atoms with Crippen molar-refractivity contribution in [3.63, 3.8) is 0 Å². The molecule has 0 radical (unpaired) electrons. The summed E-state index contributed by atoms with van der Waals surface area (Å²) in [6.07, 6.45) is 9.18. The van der Waals surface area contributed by atoms with Crippen LogP contribution in [0.2, 0.25) is 5.02 Å². The van der Waals surface area contributed by atoms with Gasteiger partial charge in [-0.1, -0.05) is 41.9 Å². The van der Waals surface area contributed by atoms with Crippen LogP contribution >= 0.6 is 11.6 Å². The van der Waals surface area contributed by atoms with Gasteiger partial charge >= 0.3 is 0 Å². The van der Waals surface area contributed by atoms with Crippen LogP contribution in [0.4, 0.5) is 5.69 Å². The van der Waals surface area contributed by atoms with E-state index in [1.807, 2.05) is 42.9 Å². The van der Waals surface area contributed by atoms with E-state index in [0.717, 1.165) is 67.3 Å². The van der Waals surface area contributed by atoms with E-state index in [0.29, 0.717) is 6.04 Å². The van der Waals surface area contributed by atoms with Gasteiger partial charge in [-0.2, -0.15) is 0 Å². The van der Waals surface area contributed by atoms with Gasteiger partial charge < -0.3 is 10.2 Å². The Bertz CT molecular complexity index is 1180. The number of hydrogen-bond donors (Lipinski definition) is 1. The van der Waals surface area contributed by atoms with Crippen LogP contribution in [0, 0.1) is 0 Å². The summed E-state index contributed by atoms with van der Waals surface area (Å²) in [5, 5.41) is 5.45. The first-order valence-electron chi connectivity index (χ1n) is 12.9. The Balaban J connectivity index is 1.11. The predicted octanol–water partition coefficient (Wildman–Crippen LogP) is 6.25. The van der Waals surface area contributed by atoms with Crippen LogP contribution in [0.5, 0.6) is 0 Å². The van der Waals surface area contributed by atoms with Crippen LogP contribution in [-0.2, 0) is 13.1 Å². The van der Waals surface area contributed by atoms with Crippen molar-refractivity contribution in [3.05, 3.63) is 101 Å². The molecule has 1 fully saturated rings. The Morgan fingerprint density at radius 1 is 0.889 bits per heavy atom. The molecule has 186 valence electrons. The lowest BCUT2D eigenvalue weighted by Gasteiger charge is -2.39. The maximum Gasteiger partial charge on any atom is 0.0737 e. The normalized spacial score (nSPS) is 14.9. The first-order valence-corrected chi connectivity index (χ1v) is 13.3. The number of nitrogens with one attached hydrogen (secondary N) is 1. The first-order chi connectivity index (χ1) is 17.7. The van der Waals surface area contributed by atoms with Crippen molar-refractivity contribution < 1.29 is 0 Å². The maximum absolute atomic E-state index is 6.12. The SMILES string of the molecule is Clc1ccc2c(NCCCN3CCC(N(Cc4ccccc4)Cc4ccncc4)CC3)ccnc2c1. The van der Waals surface area contributed by atoms with Gasteiger partial charge in [-0.25, -0.2) is 0 Å². The zero-order valence-corrected chi connectivity index (χ0v) is 21.4. The van der Waals surface area contributed by atoms with Gasteiger partial charge in [0.25, 0.3) is 0 Å². The number of pyridine rings is 2. The smallest absolute Gasteiger partial charge is 0.0737 e. The molecule has 5 rings (SSSR count). The highest BCUT2D eigenvalue weighted by molar-refractivity contribution is 6.31. The molecule has 0 aliphatic carbocycles. The summed E-state index contributed by atoms with van der Waals surface area (Å²) >= 11 is 6.12. The minimum absolute atomic E-state index is 0.600. The van der Waals surface area contributed by atoms with E-state index in [-0.39, 0.29) is 0 Å². The molecule has 0 unspecified atom stereocenters. The fraction of sp³-hybridized carbons (Fsp3) is 0.333. The summed E-state index contributed by atoms with van der Waals surface area (Å²) in [6.45, 7) is 6.34. The van der Waals surface area contributed by atoms with E-state index in [1.165, 1.54) is 24.0 Å². The third kappa shape index (κ3) is 6.61. The highest BCUT2D eigenvalue weighted by Gasteiger charge is 2.24. The van der Waals surface area contributed by atoms with Crippen LogP contribution in [0.3, 0.4) is 0 Å². The quantitative estimate of drug-likeness (QED) is 0.261. The Morgan fingerprint density at radius 3 is 2.42 bits per heavy atom. The molecule has 1 N–H and O–H groups in total. The number of halogens is 1. The van der Waals surface area contributed by atoms with Crippen molar-refractivity contribution in [2.24, 2.45) is 0 Å². The van der Waals surface area contributed by atoms with E-state index in [2.05, 4.69) is 67.5 Å². The summed E-state index contributed by atoms with van der Waals surface area (Å²) in [6, 6.07) is 23.7. The minimum Gasteiger partial charge on any atom is -0.384 e. The molecule has 6 heteroatoms. The molecule has 2 aromatic carbocycles. The molecule has 4 aromatic rings. The van der Waals surface area contributed by atoms with Crippen molar-refractivity contribution in [2.45, 2.75) is 38.4 Å². The molecule has 0 spiro atoms. The number of aromatic nitrogens is 2. The second kappa shape index (κ2) is 12.3. The van der Waals surface area contributed by atoms with Crippen molar-refractivity contribution in [1.29, 1.82) is 0 Å². The van der Waals surface area contributed by atoms with E-state index in [9.17, 15) is 0 Å². The molecular formula is C30H34ClN5. The summed E-state index contributed by atoms with van der Waals surface area (Å²) < 4.78 is 0. The number of rotatable bonds is 10. The Morgan fingerprint density at radius 2 is 1.64 bits per heavy atom. The average molecular weight is 500 g/mol. The molecule has 3 heterocycles. The van der Waals surface area contributed by atoms with Gasteiger partial charge in [0, 0.05) is 60.4 Å². The summed E-state index contributed by atoms with van der Waals surface area (Å²) in [5.74, 6) is 0. The summed E-state index contributed by atoms with van der Waals surface area (Å²) in [7, 11) is 0. The summed E-state index contributed by atoms with van der Waals surface area (Å²) in [4.78, 5) is 13.9. The molecule has 1 aliphatic heterocycles. The molecular weight excluding hydrogens is 466 g/mol. The van der Waals surface area contributed by atoms with Crippen molar-refractivity contribution in [3.8, 4) is 0 Å². The second-order valence-corrected chi connectivity index (χ2v) is 10.1. The van der Waals surface area contributed by atoms with Crippen LogP contribution < -0.4 is 5.32 Å². The van der Waals surface area contributed by atoms with Gasteiger partial charge in [0.15, 0.2) is 0 Å². The molecule has 0 bridgehead atoms. The first kappa shape index (κ1) is 24.7. The van der Waals surface area contributed by atoms with Gasteiger partial charge in [-0.3, -0.25) is 14.9 Å². The molecule has 1 aliphatic rings. The fourth-order valence-corrected chi connectivity index (χ4v) is 5.33. The number of anilines is 1. The molecule has 5 nitrogen and oxygen atoms in total. The molecule has 0 amide bonds. The summed E-state index contributed by atoms with van der Waals surface area (Å²) in [5.41, 5.74) is 4.77. The average Bonchev–Trinajstić information content (AvgIpc) is 2.92.